The molecule has 0 aromatic rings. The molecule has 2 atom stereocenters. The summed E-state index contributed by atoms with van der Waals surface area (Å²) in [7, 11) is 0. The van der Waals surface area contributed by atoms with E-state index in [2.05, 4.69) is 38.3 Å². The molecule has 16 heavy (non-hydrogen) atoms. The zero-order valence-electron chi connectivity index (χ0n) is 11.6. The Hall–Kier alpha value is -0.0800. The Bertz CT molecular complexity index is 189. The number of nitrogens with one attached hydrogen (secondary N) is 2. The minimum atomic E-state index is 0.559. The first kappa shape index (κ1) is 14.0. The molecule has 0 spiro atoms. The van der Waals surface area contributed by atoms with Crippen molar-refractivity contribution in [1.82, 2.24) is 10.6 Å². The average Bonchev–Trinajstić information content (AvgIpc) is 2.55. The molecule has 0 aliphatic heterocycles. The fraction of sp³-hybridized carbons (Fsp3) is 1.00. The van der Waals surface area contributed by atoms with Crippen LogP contribution in [-0.4, -0.2) is 25.7 Å². The zero-order valence-corrected chi connectivity index (χ0v) is 11.6. The lowest BCUT2D eigenvalue weighted by Crippen LogP contribution is -2.40. The molecular weight excluding hydrogens is 196 g/mol. The summed E-state index contributed by atoms with van der Waals surface area (Å²) in [6.07, 6.45) is 5.46. The molecule has 0 aromatic carbocycles. The first-order chi connectivity index (χ1) is 7.56. The van der Waals surface area contributed by atoms with Gasteiger partial charge in [0.25, 0.3) is 0 Å². The van der Waals surface area contributed by atoms with Gasteiger partial charge < -0.3 is 10.6 Å². The van der Waals surface area contributed by atoms with Crippen molar-refractivity contribution in [2.24, 2.45) is 11.3 Å². The molecule has 2 N–H and O–H groups in total. The van der Waals surface area contributed by atoms with E-state index in [1.54, 1.807) is 0 Å². The van der Waals surface area contributed by atoms with Gasteiger partial charge in [-0.2, -0.15) is 0 Å². The second kappa shape index (κ2) is 6.61. The zero-order chi connectivity index (χ0) is 12.0. The van der Waals surface area contributed by atoms with Gasteiger partial charge in [-0.3, -0.25) is 0 Å². The maximum absolute atomic E-state index is 3.68. The van der Waals surface area contributed by atoms with Gasteiger partial charge in [0.2, 0.25) is 0 Å². The molecule has 2 heteroatoms. The van der Waals surface area contributed by atoms with Crippen LogP contribution in [0, 0.1) is 11.3 Å². The Morgan fingerprint density at radius 2 is 2.12 bits per heavy atom. The van der Waals surface area contributed by atoms with Gasteiger partial charge >= 0.3 is 0 Å². The molecular formula is C14H30N2. The van der Waals surface area contributed by atoms with Crippen molar-refractivity contribution in [1.29, 1.82) is 0 Å². The van der Waals surface area contributed by atoms with Crippen LogP contribution in [0.2, 0.25) is 0 Å². The van der Waals surface area contributed by atoms with Gasteiger partial charge in [0.1, 0.15) is 0 Å². The smallest absolute Gasteiger partial charge is 0.0164 e. The summed E-state index contributed by atoms with van der Waals surface area (Å²) in [5, 5.41) is 7.15. The molecule has 0 amide bonds. The minimum Gasteiger partial charge on any atom is -0.315 e. The molecule has 96 valence electrons. The second-order valence-corrected chi connectivity index (χ2v) is 6.09. The van der Waals surface area contributed by atoms with E-state index in [1.807, 2.05) is 0 Å². The van der Waals surface area contributed by atoms with Crippen LogP contribution in [-0.2, 0) is 0 Å². The van der Waals surface area contributed by atoms with Crippen molar-refractivity contribution in [3.63, 3.8) is 0 Å². The lowest BCUT2D eigenvalue weighted by atomic mass is 9.82. The standard InChI is InChI=1S/C14H30N2/c1-5-9-15-10-12(2)16-11-13-7-6-8-14(13,3)4/h12-13,15-16H,5-11H2,1-4H3. The Kier molecular flexibility index (Phi) is 5.77. The molecule has 0 saturated heterocycles. The summed E-state index contributed by atoms with van der Waals surface area (Å²) < 4.78 is 0. The monoisotopic (exact) mass is 226 g/mol. The Morgan fingerprint density at radius 3 is 2.69 bits per heavy atom. The molecule has 1 aliphatic carbocycles. The molecule has 2 unspecified atom stereocenters. The van der Waals surface area contributed by atoms with E-state index in [0.717, 1.165) is 19.0 Å². The van der Waals surface area contributed by atoms with Gasteiger partial charge in [-0.25, -0.2) is 0 Å². The molecule has 0 bridgehead atoms. The van der Waals surface area contributed by atoms with Gasteiger partial charge in [0, 0.05) is 12.6 Å². The summed E-state index contributed by atoms with van der Waals surface area (Å²) in [6.45, 7) is 12.8. The average molecular weight is 226 g/mol. The molecule has 1 fully saturated rings. The van der Waals surface area contributed by atoms with Crippen molar-refractivity contribution in [3.05, 3.63) is 0 Å². The van der Waals surface area contributed by atoms with Crippen LogP contribution in [0.4, 0.5) is 0 Å². The topological polar surface area (TPSA) is 24.1 Å². The third kappa shape index (κ3) is 4.42. The Labute approximate surface area is 102 Å². The maximum atomic E-state index is 3.68. The van der Waals surface area contributed by atoms with E-state index in [4.69, 9.17) is 0 Å². The molecule has 1 aliphatic rings. The Balaban J connectivity index is 2.14. The summed E-state index contributed by atoms with van der Waals surface area (Å²) in [5.41, 5.74) is 0.559. The highest BCUT2D eigenvalue weighted by atomic mass is 15.0. The predicted molar refractivity (Wildman–Crippen MR) is 71.7 cm³/mol. The van der Waals surface area contributed by atoms with Crippen LogP contribution in [0.3, 0.4) is 0 Å². The van der Waals surface area contributed by atoms with Gasteiger partial charge in [-0.05, 0) is 50.6 Å². The normalized spacial score (nSPS) is 25.9. The number of hydrogen-bond donors (Lipinski definition) is 2. The third-order valence-electron chi connectivity index (χ3n) is 4.07. The van der Waals surface area contributed by atoms with E-state index in [-0.39, 0.29) is 0 Å². The third-order valence-corrected chi connectivity index (χ3v) is 4.07. The highest BCUT2D eigenvalue weighted by Gasteiger charge is 2.33. The number of hydrogen-bond acceptors (Lipinski definition) is 2. The SMILES string of the molecule is CCCNCC(C)NCC1CCCC1(C)C. The second-order valence-electron chi connectivity index (χ2n) is 6.09. The van der Waals surface area contributed by atoms with Crippen LogP contribution >= 0.6 is 0 Å². The minimum absolute atomic E-state index is 0.559. The van der Waals surface area contributed by atoms with Crippen molar-refractivity contribution in [2.75, 3.05) is 19.6 Å². The Morgan fingerprint density at radius 1 is 1.38 bits per heavy atom. The van der Waals surface area contributed by atoms with Gasteiger partial charge in [0.05, 0.1) is 0 Å². The summed E-state index contributed by atoms with van der Waals surface area (Å²) in [5.74, 6) is 0.876. The van der Waals surface area contributed by atoms with Gasteiger partial charge in [-0.1, -0.05) is 27.2 Å². The van der Waals surface area contributed by atoms with Crippen molar-refractivity contribution >= 4 is 0 Å². The fourth-order valence-corrected chi connectivity index (χ4v) is 2.69. The summed E-state index contributed by atoms with van der Waals surface area (Å²) in [4.78, 5) is 0. The van der Waals surface area contributed by atoms with E-state index in [9.17, 15) is 0 Å². The molecule has 0 heterocycles. The largest absolute Gasteiger partial charge is 0.315 e. The summed E-state index contributed by atoms with van der Waals surface area (Å²) in [6, 6.07) is 0.600. The maximum Gasteiger partial charge on any atom is 0.0164 e. The van der Waals surface area contributed by atoms with Crippen molar-refractivity contribution < 1.29 is 0 Å². The predicted octanol–water partition coefficient (Wildman–Crippen LogP) is 2.79. The van der Waals surface area contributed by atoms with Gasteiger partial charge in [-0.15, -0.1) is 0 Å². The molecule has 1 rings (SSSR count). The van der Waals surface area contributed by atoms with Gasteiger partial charge in [0.15, 0.2) is 0 Å². The molecule has 1 saturated carbocycles. The van der Waals surface area contributed by atoms with Crippen LogP contribution in [0.5, 0.6) is 0 Å². The summed E-state index contributed by atoms with van der Waals surface area (Å²) >= 11 is 0. The van der Waals surface area contributed by atoms with Crippen molar-refractivity contribution in [3.8, 4) is 0 Å². The fourth-order valence-electron chi connectivity index (χ4n) is 2.69. The van der Waals surface area contributed by atoms with Crippen LogP contribution in [0.25, 0.3) is 0 Å². The lowest BCUT2D eigenvalue weighted by Gasteiger charge is -2.28. The van der Waals surface area contributed by atoms with Crippen LogP contribution < -0.4 is 10.6 Å². The highest BCUT2D eigenvalue weighted by Crippen LogP contribution is 2.41. The molecule has 0 aromatic heterocycles. The van der Waals surface area contributed by atoms with E-state index in [0.29, 0.717) is 11.5 Å². The van der Waals surface area contributed by atoms with E-state index >= 15 is 0 Å². The lowest BCUT2D eigenvalue weighted by molar-refractivity contribution is 0.245. The quantitative estimate of drug-likeness (QED) is 0.652. The first-order valence-corrected chi connectivity index (χ1v) is 7.00. The molecule has 2 nitrogen and oxygen atoms in total. The number of rotatable bonds is 7. The van der Waals surface area contributed by atoms with Crippen LogP contribution in [0.1, 0.15) is 53.4 Å². The van der Waals surface area contributed by atoms with Crippen molar-refractivity contribution in [2.45, 2.75) is 59.4 Å². The van der Waals surface area contributed by atoms with E-state index < -0.39 is 0 Å². The van der Waals surface area contributed by atoms with E-state index in [1.165, 1.54) is 32.2 Å². The van der Waals surface area contributed by atoms with Crippen LogP contribution in [0.15, 0.2) is 0 Å². The highest BCUT2D eigenvalue weighted by molar-refractivity contribution is 4.86. The molecule has 0 radical (unpaired) electrons. The first-order valence-electron chi connectivity index (χ1n) is 7.00.